The zero-order valence-electron chi connectivity index (χ0n) is 9.01. The molecule has 0 aromatic carbocycles. The van der Waals surface area contributed by atoms with Crippen LogP contribution in [-0.2, 0) is 9.53 Å². The van der Waals surface area contributed by atoms with Crippen molar-refractivity contribution in [2.24, 2.45) is 0 Å². The first kappa shape index (κ1) is 11.1. The normalized spacial score (nSPS) is 30.9. The van der Waals surface area contributed by atoms with Crippen LogP contribution in [-0.4, -0.2) is 28.4 Å². The van der Waals surface area contributed by atoms with Gasteiger partial charge in [-0.05, 0) is 18.6 Å². The molecule has 0 amide bonds. The summed E-state index contributed by atoms with van der Waals surface area (Å²) in [5.41, 5.74) is 0.758. The predicted octanol–water partition coefficient (Wildman–Crippen LogP) is 0.815. The second-order valence-corrected chi connectivity index (χ2v) is 3.87. The summed E-state index contributed by atoms with van der Waals surface area (Å²) < 4.78 is 5.05. The summed E-state index contributed by atoms with van der Waals surface area (Å²) in [7, 11) is 0. The van der Waals surface area contributed by atoms with Crippen molar-refractivity contribution in [1.29, 1.82) is 0 Å². The standard InChI is InChI=1S/C12H14O4/c1-2-3-4-9-10-7(12(15)16-9)5-6-8(13)11(10)14/h4-6,8,11,13-14H,2-3H2,1H3/b9-4-/t8-,11-/m0/s1. The zero-order chi connectivity index (χ0) is 11.7. The molecular formula is C12H14O4. The predicted molar refractivity (Wildman–Crippen MR) is 57.3 cm³/mol. The van der Waals surface area contributed by atoms with E-state index in [2.05, 4.69) is 0 Å². The Morgan fingerprint density at radius 3 is 2.94 bits per heavy atom. The van der Waals surface area contributed by atoms with Crippen LogP contribution in [0.4, 0.5) is 0 Å². The molecule has 0 spiro atoms. The number of ether oxygens (including phenoxy) is 1. The Morgan fingerprint density at radius 1 is 1.50 bits per heavy atom. The van der Waals surface area contributed by atoms with Crippen LogP contribution in [0.25, 0.3) is 0 Å². The third kappa shape index (κ3) is 1.70. The molecule has 2 aliphatic rings. The molecule has 2 N–H and O–H groups in total. The Bertz CT molecular complexity index is 403. The summed E-state index contributed by atoms with van der Waals surface area (Å²) in [6, 6.07) is 0. The third-order valence-electron chi connectivity index (χ3n) is 2.68. The van der Waals surface area contributed by atoms with Crippen LogP contribution < -0.4 is 0 Å². The summed E-state index contributed by atoms with van der Waals surface area (Å²) in [6.45, 7) is 2.01. The molecular weight excluding hydrogens is 208 g/mol. The number of carbonyl (C=O) groups is 1. The Hall–Kier alpha value is -1.39. The van der Waals surface area contributed by atoms with E-state index in [0.717, 1.165) is 12.8 Å². The summed E-state index contributed by atoms with van der Waals surface area (Å²) >= 11 is 0. The molecule has 4 nitrogen and oxygen atoms in total. The zero-order valence-corrected chi connectivity index (χ0v) is 9.01. The van der Waals surface area contributed by atoms with E-state index in [1.807, 2.05) is 6.92 Å². The summed E-state index contributed by atoms with van der Waals surface area (Å²) in [5.74, 6) is -0.0719. The van der Waals surface area contributed by atoms with Gasteiger partial charge in [0.1, 0.15) is 18.0 Å². The van der Waals surface area contributed by atoms with Gasteiger partial charge in [0, 0.05) is 5.57 Å². The third-order valence-corrected chi connectivity index (χ3v) is 2.68. The van der Waals surface area contributed by atoms with E-state index in [1.54, 1.807) is 6.08 Å². The highest BCUT2D eigenvalue weighted by atomic mass is 16.5. The van der Waals surface area contributed by atoms with E-state index in [0.29, 0.717) is 16.9 Å². The monoisotopic (exact) mass is 222 g/mol. The number of hydrogen-bond acceptors (Lipinski definition) is 4. The minimum absolute atomic E-state index is 0.347. The van der Waals surface area contributed by atoms with Gasteiger partial charge in [0.2, 0.25) is 0 Å². The largest absolute Gasteiger partial charge is 0.423 e. The van der Waals surface area contributed by atoms with Gasteiger partial charge in [0.15, 0.2) is 0 Å². The van der Waals surface area contributed by atoms with Crippen LogP contribution in [0.5, 0.6) is 0 Å². The fourth-order valence-corrected chi connectivity index (χ4v) is 1.81. The first-order chi connectivity index (χ1) is 7.65. The van der Waals surface area contributed by atoms with Crippen LogP contribution in [0.15, 0.2) is 35.1 Å². The fourth-order valence-electron chi connectivity index (χ4n) is 1.81. The van der Waals surface area contributed by atoms with Crippen molar-refractivity contribution >= 4 is 5.97 Å². The molecule has 0 aromatic rings. The molecule has 0 bridgehead atoms. The fraction of sp³-hybridized carbons (Fsp3) is 0.417. The molecule has 86 valence electrons. The lowest BCUT2D eigenvalue weighted by molar-refractivity contribution is -0.132. The molecule has 0 fully saturated rings. The lowest BCUT2D eigenvalue weighted by atomic mass is 9.93. The molecule has 2 rings (SSSR count). The van der Waals surface area contributed by atoms with E-state index in [4.69, 9.17) is 4.74 Å². The molecule has 0 saturated heterocycles. The molecule has 16 heavy (non-hydrogen) atoms. The summed E-state index contributed by atoms with van der Waals surface area (Å²) in [6.07, 6.45) is 4.32. The van der Waals surface area contributed by atoms with Crippen LogP contribution in [0.3, 0.4) is 0 Å². The van der Waals surface area contributed by atoms with Gasteiger partial charge in [-0.25, -0.2) is 4.79 Å². The quantitative estimate of drug-likeness (QED) is 0.679. The molecule has 1 aliphatic carbocycles. The van der Waals surface area contributed by atoms with Crippen molar-refractivity contribution < 1.29 is 19.7 Å². The smallest absolute Gasteiger partial charge is 0.344 e. The van der Waals surface area contributed by atoms with Gasteiger partial charge in [-0.3, -0.25) is 0 Å². The number of aliphatic hydroxyl groups excluding tert-OH is 2. The number of cyclic esters (lactones) is 1. The molecule has 0 saturated carbocycles. The number of hydrogen-bond donors (Lipinski definition) is 2. The molecule has 0 aromatic heterocycles. The minimum Gasteiger partial charge on any atom is -0.423 e. The van der Waals surface area contributed by atoms with Crippen LogP contribution in [0.1, 0.15) is 19.8 Å². The van der Waals surface area contributed by atoms with Gasteiger partial charge >= 0.3 is 5.97 Å². The topological polar surface area (TPSA) is 66.8 Å². The highest BCUT2D eigenvalue weighted by molar-refractivity contribution is 5.98. The second-order valence-electron chi connectivity index (χ2n) is 3.87. The average Bonchev–Trinajstić information content (AvgIpc) is 2.58. The molecule has 0 radical (unpaired) electrons. The Labute approximate surface area is 93.5 Å². The van der Waals surface area contributed by atoms with Crippen molar-refractivity contribution in [3.8, 4) is 0 Å². The van der Waals surface area contributed by atoms with Crippen molar-refractivity contribution in [1.82, 2.24) is 0 Å². The lowest BCUT2D eigenvalue weighted by Gasteiger charge is -2.19. The van der Waals surface area contributed by atoms with Crippen molar-refractivity contribution in [3.63, 3.8) is 0 Å². The molecule has 1 aliphatic heterocycles. The molecule has 1 heterocycles. The van der Waals surface area contributed by atoms with Gasteiger partial charge in [-0.1, -0.05) is 19.4 Å². The maximum Gasteiger partial charge on any atom is 0.344 e. The van der Waals surface area contributed by atoms with Gasteiger partial charge in [0.05, 0.1) is 5.57 Å². The number of allylic oxidation sites excluding steroid dienone is 1. The van der Waals surface area contributed by atoms with Gasteiger partial charge in [-0.2, -0.15) is 0 Å². The first-order valence-corrected chi connectivity index (χ1v) is 5.36. The minimum atomic E-state index is -1.07. The average molecular weight is 222 g/mol. The van der Waals surface area contributed by atoms with E-state index >= 15 is 0 Å². The Kier molecular flexibility index (Phi) is 2.94. The number of unbranched alkanes of at least 4 members (excludes halogenated alkanes) is 1. The van der Waals surface area contributed by atoms with Crippen molar-refractivity contribution in [2.45, 2.75) is 32.0 Å². The van der Waals surface area contributed by atoms with Crippen molar-refractivity contribution in [2.75, 3.05) is 0 Å². The van der Waals surface area contributed by atoms with Crippen molar-refractivity contribution in [3.05, 3.63) is 35.1 Å². The highest BCUT2D eigenvalue weighted by Crippen LogP contribution is 2.34. The molecule has 2 atom stereocenters. The van der Waals surface area contributed by atoms with E-state index < -0.39 is 18.2 Å². The van der Waals surface area contributed by atoms with E-state index in [9.17, 15) is 15.0 Å². The summed E-state index contributed by atoms with van der Waals surface area (Å²) in [5, 5.41) is 19.3. The lowest BCUT2D eigenvalue weighted by Crippen LogP contribution is -2.29. The van der Waals surface area contributed by atoms with Crippen LogP contribution in [0, 0.1) is 0 Å². The van der Waals surface area contributed by atoms with Crippen LogP contribution in [0.2, 0.25) is 0 Å². The Balaban J connectivity index is 2.37. The maximum absolute atomic E-state index is 11.5. The number of rotatable bonds is 2. The number of aliphatic hydroxyl groups is 2. The van der Waals surface area contributed by atoms with E-state index in [-0.39, 0.29) is 0 Å². The van der Waals surface area contributed by atoms with Gasteiger partial charge < -0.3 is 14.9 Å². The highest BCUT2D eigenvalue weighted by Gasteiger charge is 2.37. The first-order valence-electron chi connectivity index (χ1n) is 5.36. The van der Waals surface area contributed by atoms with E-state index in [1.165, 1.54) is 12.2 Å². The summed E-state index contributed by atoms with van der Waals surface area (Å²) in [4.78, 5) is 11.5. The maximum atomic E-state index is 11.5. The van der Waals surface area contributed by atoms with Gasteiger partial charge in [0.25, 0.3) is 0 Å². The number of carbonyl (C=O) groups excluding carboxylic acids is 1. The van der Waals surface area contributed by atoms with Crippen LogP contribution >= 0.6 is 0 Å². The number of esters is 1. The van der Waals surface area contributed by atoms with Gasteiger partial charge in [-0.15, -0.1) is 0 Å². The second kappa shape index (κ2) is 4.23. The molecule has 0 unspecified atom stereocenters. The molecule has 4 heteroatoms. The SMILES string of the molecule is CCC/C=C1\OC(=O)C2=C1[C@@H](O)[C@@H](O)C=C2. The Morgan fingerprint density at radius 2 is 2.25 bits per heavy atom.